The lowest BCUT2D eigenvalue weighted by Crippen LogP contribution is -2.37. The molecule has 1 aliphatic rings. The van der Waals surface area contributed by atoms with Crippen molar-refractivity contribution in [1.82, 2.24) is 15.6 Å². The standard InChI is InChI=1S/C14H16FN3O2/c1-7(12-13(19)18-14(16-2)20-12)8-6-17-10-5-3-4-9(15)11(8)10/h3-7,12,14,16-17H,1-2H3,(H,18,19)/t7-,12+,14?/m1/s1. The maximum atomic E-state index is 14.0. The summed E-state index contributed by atoms with van der Waals surface area (Å²) in [7, 11) is 1.70. The Bertz CT molecular complexity index is 655. The highest BCUT2D eigenvalue weighted by Gasteiger charge is 2.37. The van der Waals surface area contributed by atoms with Crippen molar-refractivity contribution in [2.75, 3.05) is 7.05 Å². The summed E-state index contributed by atoms with van der Waals surface area (Å²) in [5.41, 5.74) is 1.46. The van der Waals surface area contributed by atoms with Crippen LogP contribution in [0.2, 0.25) is 0 Å². The molecule has 106 valence electrons. The summed E-state index contributed by atoms with van der Waals surface area (Å²) in [5, 5.41) is 6.04. The molecule has 1 saturated heterocycles. The number of H-pyrrole nitrogens is 1. The number of hydrogen-bond donors (Lipinski definition) is 3. The Morgan fingerprint density at radius 3 is 2.95 bits per heavy atom. The second kappa shape index (κ2) is 4.88. The van der Waals surface area contributed by atoms with E-state index in [0.717, 1.165) is 11.1 Å². The highest BCUT2D eigenvalue weighted by atomic mass is 19.1. The van der Waals surface area contributed by atoms with Crippen LogP contribution in [-0.4, -0.2) is 30.4 Å². The third-order valence-electron chi connectivity index (χ3n) is 3.71. The normalized spacial score (nSPS) is 24.1. The van der Waals surface area contributed by atoms with Crippen LogP contribution in [0.4, 0.5) is 4.39 Å². The molecule has 0 bridgehead atoms. The molecule has 1 aliphatic heterocycles. The second-order valence-electron chi connectivity index (χ2n) is 4.93. The van der Waals surface area contributed by atoms with Crippen molar-refractivity contribution < 1.29 is 13.9 Å². The van der Waals surface area contributed by atoms with Gasteiger partial charge in [-0.15, -0.1) is 0 Å². The molecule has 1 aromatic carbocycles. The van der Waals surface area contributed by atoms with Crippen LogP contribution in [0.3, 0.4) is 0 Å². The minimum atomic E-state index is -0.633. The van der Waals surface area contributed by atoms with Gasteiger partial charge in [0, 0.05) is 23.0 Å². The molecule has 5 nitrogen and oxygen atoms in total. The highest BCUT2D eigenvalue weighted by Crippen LogP contribution is 2.32. The minimum Gasteiger partial charge on any atom is -0.361 e. The van der Waals surface area contributed by atoms with Gasteiger partial charge in [-0.2, -0.15) is 0 Å². The van der Waals surface area contributed by atoms with Crippen molar-refractivity contribution in [3.63, 3.8) is 0 Å². The van der Waals surface area contributed by atoms with Crippen molar-refractivity contribution in [3.8, 4) is 0 Å². The zero-order valence-corrected chi connectivity index (χ0v) is 11.2. The predicted molar refractivity (Wildman–Crippen MR) is 72.5 cm³/mol. The first-order valence-corrected chi connectivity index (χ1v) is 6.50. The number of nitrogens with one attached hydrogen (secondary N) is 3. The number of rotatable bonds is 3. The molecule has 2 heterocycles. The van der Waals surface area contributed by atoms with Gasteiger partial charge in [-0.1, -0.05) is 13.0 Å². The summed E-state index contributed by atoms with van der Waals surface area (Å²) < 4.78 is 19.6. The molecule has 1 amide bonds. The largest absolute Gasteiger partial charge is 0.361 e. The number of ether oxygens (including phenoxy) is 1. The van der Waals surface area contributed by atoms with E-state index in [9.17, 15) is 9.18 Å². The smallest absolute Gasteiger partial charge is 0.252 e. The van der Waals surface area contributed by atoms with Crippen molar-refractivity contribution >= 4 is 16.8 Å². The van der Waals surface area contributed by atoms with Gasteiger partial charge in [0.25, 0.3) is 5.91 Å². The molecule has 0 saturated carbocycles. The predicted octanol–water partition coefficient (Wildman–Crippen LogP) is 1.43. The van der Waals surface area contributed by atoms with Crippen LogP contribution in [0.1, 0.15) is 18.4 Å². The van der Waals surface area contributed by atoms with Crippen molar-refractivity contribution in [2.45, 2.75) is 25.3 Å². The Hall–Kier alpha value is -1.92. The number of halogens is 1. The van der Waals surface area contributed by atoms with E-state index in [4.69, 9.17) is 4.74 Å². The fraction of sp³-hybridized carbons (Fsp3) is 0.357. The zero-order valence-electron chi connectivity index (χ0n) is 11.2. The Balaban J connectivity index is 1.97. The highest BCUT2D eigenvalue weighted by molar-refractivity contribution is 5.88. The van der Waals surface area contributed by atoms with Crippen molar-refractivity contribution in [2.24, 2.45) is 0 Å². The van der Waals surface area contributed by atoms with Crippen LogP contribution in [0.5, 0.6) is 0 Å². The number of fused-ring (bicyclic) bond motifs is 1. The van der Waals surface area contributed by atoms with E-state index in [1.165, 1.54) is 6.07 Å². The fourth-order valence-electron chi connectivity index (χ4n) is 2.63. The lowest BCUT2D eigenvalue weighted by Gasteiger charge is -2.17. The van der Waals surface area contributed by atoms with E-state index >= 15 is 0 Å². The molecular formula is C14H16FN3O2. The van der Waals surface area contributed by atoms with Crippen molar-refractivity contribution in [3.05, 3.63) is 35.8 Å². The lowest BCUT2D eigenvalue weighted by atomic mass is 9.94. The van der Waals surface area contributed by atoms with Crippen molar-refractivity contribution in [1.29, 1.82) is 0 Å². The van der Waals surface area contributed by atoms with Crippen LogP contribution >= 0.6 is 0 Å². The van der Waals surface area contributed by atoms with Crippen LogP contribution in [0.25, 0.3) is 10.9 Å². The molecule has 3 atom stereocenters. The fourth-order valence-corrected chi connectivity index (χ4v) is 2.63. The Morgan fingerprint density at radius 2 is 2.25 bits per heavy atom. The van der Waals surface area contributed by atoms with E-state index in [0.29, 0.717) is 5.39 Å². The van der Waals surface area contributed by atoms with E-state index in [-0.39, 0.29) is 17.6 Å². The second-order valence-corrected chi connectivity index (χ2v) is 4.93. The summed E-state index contributed by atoms with van der Waals surface area (Å²) in [4.78, 5) is 15.0. The van der Waals surface area contributed by atoms with Gasteiger partial charge in [0.05, 0.1) is 0 Å². The first-order valence-electron chi connectivity index (χ1n) is 6.50. The molecule has 2 aromatic rings. The number of aromatic nitrogens is 1. The molecule has 0 spiro atoms. The number of carbonyl (C=O) groups is 1. The van der Waals surface area contributed by atoms with Gasteiger partial charge in [-0.3, -0.25) is 10.1 Å². The Labute approximate surface area is 115 Å². The lowest BCUT2D eigenvalue weighted by molar-refractivity contribution is -0.124. The van der Waals surface area contributed by atoms with Crippen LogP contribution in [0.15, 0.2) is 24.4 Å². The molecule has 0 aliphatic carbocycles. The van der Waals surface area contributed by atoms with E-state index in [1.807, 2.05) is 6.92 Å². The first kappa shape index (κ1) is 13.1. The summed E-state index contributed by atoms with van der Waals surface area (Å²) in [6, 6.07) is 4.87. The number of aromatic amines is 1. The van der Waals surface area contributed by atoms with Gasteiger partial charge < -0.3 is 15.0 Å². The number of benzene rings is 1. The molecule has 3 rings (SSSR count). The minimum absolute atomic E-state index is 0.192. The van der Waals surface area contributed by atoms with Gasteiger partial charge >= 0.3 is 0 Å². The topological polar surface area (TPSA) is 66.1 Å². The maximum Gasteiger partial charge on any atom is 0.252 e. The van der Waals surface area contributed by atoms with Crippen LogP contribution in [-0.2, 0) is 9.53 Å². The summed E-state index contributed by atoms with van der Waals surface area (Å²) in [5.74, 6) is -0.740. The van der Waals surface area contributed by atoms with Gasteiger partial charge in [-0.05, 0) is 24.7 Å². The molecular weight excluding hydrogens is 261 g/mol. The average molecular weight is 277 g/mol. The molecule has 1 aromatic heterocycles. The number of hydrogen-bond acceptors (Lipinski definition) is 3. The average Bonchev–Trinajstić information content (AvgIpc) is 3.02. The summed E-state index contributed by atoms with van der Waals surface area (Å²) in [6.07, 6.45) is 0.609. The molecule has 0 radical (unpaired) electrons. The Morgan fingerprint density at radius 1 is 1.45 bits per heavy atom. The van der Waals surface area contributed by atoms with Gasteiger partial charge in [-0.25, -0.2) is 4.39 Å². The summed E-state index contributed by atoms with van der Waals surface area (Å²) in [6.45, 7) is 1.86. The first-order chi connectivity index (χ1) is 9.61. The van der Waals surface area contributed by atoms with Gasteiger partial charge in [0.1, 0.15) is 11.9 Å². The SMILES string of the molecule is CNC1NC(=O)[C@H]([C@H](C)c2c[nH]c3cccc(F)c23)O1. The van der Waals surface area contributed by atoms with Gasteiger partial charge in [0.15, 0.2) is 6.35 Å². The zero-order chi connectivity index (χ0) is 14.3. The van der Waals surface area contributed by atoms with Crippen LogP contribution in [0, 0.1) is 5.82 Å². The quantitative estimate of drug-likeness (QED) is 0.795. The van der Waals surface area contributed by atoms with E-state index in [1.54, 1.807) is 25.4 Å². The molecule has 1 fully saturated rings. The third kappa shape index (κ3) is 1.97. The molecule has 20 heavy (non-hydrogen) atoms. The van der Waals surface area contributed by atoms with E-state index in [2.05, 4.69) is 15.6 Å². The molecule has 3 N–H and O–H groups in total. The van der Waals surface area contributed by atoms with Gasteiger partial charge in [0.2, 0.25) is 0 Å². The summed E-state index contributed by atoms with van der Waals surface area (Å²) >= 11 is 0. The number of carbonyl (C=O) groups excluding carboxylic acids is 1. The molecule has 6 heteroatoms. The molecule has 1 unspecified atom stereocenters. The van der Waals surface area contributed by atoms with E-state index < -0.39 is 12.5 Å². The van der Waals surface area contributed by atoms with Crippen LogP contribution < -0.4 is 10.6 Å². The number of amides is 1. The maximum absolute atomic E-state index is 14.0. The Kier molecular flexibility index (Phi) is 3.19. The monoisotopic (exact) mass is 277 g/mol. The third-order valence-corrected chi connectivity index (χ3v) is 3.71.